The fraction of sp³-hybridized carbons (Fsp3) is 0.286. The van der Waals surface area contributed by atoms with Crippen molar-refractivity contribution in [2.45, 2.75) is 19.8 Å². The summed E-state index contributed by atoms with van der Waals surface area (Å²) < 4.78 is 0. The number of benzene rings is 1. The molecule has 0 aliphatic rings. The van der Waals surface area contributed by atoms with Crippen LogP contribution >= 0.6 is 0 Å². The average molecular weight is 225 g/mol. The second kappa shape index (κ2) is 4.84. The highest BCUT2D eigenvalue weighted by Crippen LogP contribution is 2.29. The van der Waals surface area contributed by atoms with Gasteiger partial charge in [0.25, 0.3) is 0 Å². The van der Waals surface area contributed by atoms with E-state index in [0.717, 1.165) is 5.82 Å². The Morgan fingerprint density at radius 3 is 2.41 bits per heavy atom. The van der Waals surface area contributed by atoms with Crippen LogP contribution in [0.2, 0.25) is 0 Å². The summed E-state index contributed by atoms with van der Waals surface area (Å²) in [5, 5.41) is 8.79. The fourth-order valence-corrected chi connectivity index (χ4v) is 2.07. The number of aromatic nitrogens is 2. The third-order valence-corrected chi connectivity index (χ3v) is 2.88. The molecule has 2 rings (SSSR count). The number of H-pyrrole nitrogens is 1. The predicted octanol–water partition coefficient (Wildman–Crippen LogP) is 3.07. The number of hydrogen-bond donors (Lipinski definition) is 1. The Kier molecular flexibility index (Phi) is 3.24. The maximum Gasteiger partial charge on any atom is 0.113 e. The Morgan fingerprint density at radius 1 is 1.24 bits per heavy atom. The van der Waals surface area contributed by atoms with E-state index in [1.807, 2.05) is 30.5 Å². The van der Waals surface area contributed by atoms with Crippen LogP contribution in [-0.2, 0) is 0 Å². The highest BCUT2D eigenvalue weighted by atomic mass is 14.9. The Labute approximate surface area is 101 Å². The molecule has 0 saturated heterocycles. The SMILES string of the molecule is CC(C)C(c1ccc(C#N)cc1)c1ncc[nH]1. The molecule has 0 fully saturated rings. The van der Waals surface area contributed by atoms with Crippen molar-refractivity contribution in [2.24, 2.45) is 5.92 Å². The van der Waals surface area contributed by atoms with Gasteiger partial charge in [-0.3, -0.25) is 0 Å². The molecular formula is C14H15N3. The number of nitrogens with one attached hydrogen (secondary N) is 1. The van der Waals surface area contributed by atoms with Crippen LogP contribution < -0.4 is 0 Å². The van der Waals surface area contributed by atoms with Crippen molar-refractivity contribution in [1.82, 2.24) is 9.97 Å². The first-order valence-electron chi connectivity index (χ1n) is 5.71. The highest BCUT2D eigenvalue weighted by molar-refractivity contribution is 5.35. The van der Waals surface area contributed by atoms with Gasteiger partial charge in [0.05, 0.1) is 11.6 Å². The van der Waals surface area contributed by atoms with E-state index in [1.54, 1.807) is 6.20 Å². The average Bonchev–Trinajstić information content (AvgIpc) is 2.83. The van der Waals surface area contributed by atoms with Gasteiger partial charge < -0.3 is 4.98 Å². The number of hydrogen-bond acceptors (Lipinski definition) is 2. The van der Waals surface area contributed by atoms with Crippen LogP contribution in [0.3, 0.4) is 0 Å². The standard InChI is InChI=1S/C14H15N3/c1-10(2)13(14-16-7-8-17-14)12-5-3-11(9-15)4-6-12/h3-8,10,13H,1-2H3,(H,16,17). The second-order valence-electron chi connectivity index (χ2n) is 4.43. The minimum atomic E-state index is 0.248. The number of nitriles is 1. The molecule has 0 radical (unpaired) electrons. The number of nitrogens with zero attached hydrogens (tertiary/aromatic N) is 2. The Morgan fingerprint density at radius 2 is 1.94 bits per heavy atom. The normalized spacial score (nSPS) is 12.4. The zero-order valence-electron chi connectivity index (χ0n) is 10.0. The zero-order chi connectivity index (χ0) is 12.3. The van der Waals surface area contributed by atoms with Crippen LogP contribution in [-0.4, -0.2) is 9.97 Å². The monoisotopic (exact) mass is 225 g/mol. The zero-order valence-corrected chi connectivity index (χ0v) is 10.0. The first-order valence-corrected chi connectivity index (χ1v) is 5.71. The van der Waals surface area contributed by atoms with Crippen molar-refractivity contribution in [3.05, 3.63) is 53.6 Å². The summed E-state index contributed by atoms with van der Waals surface area (Å²) >= 11 is 0. The first-order chi connectivity index (χ1) is 8.22. The molecule has 2 aromatic rings. The quantitative estimate of drug-likeness (QED) is 0.872. The smallest absolute Gasteiger partial charge is 0.113 e. The number of imidazole rings is 1. The van der Waals surface area contributed by atoms with Crippen LogP contribution in [0, 0.1) is 17.2 Å². The molecule has 3 nitrogen and oxygen atoms in total. The lowest BCUT2D eigenvalue weighted by atomic mass is 9.87. The van der Waals surface area contributed by atoms with E-state index >= 15 is 0 Å². The molecule has 0 bridgehead atoms. The van der Waals surface area contributed by atoms with Crippen molar-refractivity contribution in [2.75, 3.05) is 0 Å². The molecule has 86 valence electrons. The van der Waals surface area contributed by atoms with Gasteiger partial charge in [-0.05, 0) is 23.6 Å². The van der Waals surface area contributed by atoms with Gasteiger partial charge in [0.15, 0.2) is 0 Å². The van der Waals surface area contributed by atoms with Crippen molar-refractivity contribution in [3.8, 4) is 6.07 Å². The fourth-order valence-electron chi connectivity index (χ4n) is 2.07. The molecule has 17 heavy (non-hydrogen) atoms. The van der Waals surface area contributed by atoms with Gasteiger partial charge in [-0.2, -0.15) is 5.26 Å². The van der Waals surface area contributed by atoms with Crippen molar-refractivity contribution in [1.29, 1.82) is 5.26 Å². The number of aromatic amines is 1. The van der Waals surface area contributed by atoms with Gasteiger partial charge in [0.1, 0.15) is 5.82 Å². The summed E-state index contributed by atoms with van der Waals surface area (Å²) in [6, 6.07) is 9.85. The van der Waals surface area contributed by atoms with E-state index in [0.29, 0.717) is 11.5 Å². The predicted molar refractivity (Wildman–Crippen MR) is 66.4 cm³/mol. The van der Waals surface area contributed by atoms with Crippen LogP contribution in [0.1, 0.15) is 36.7 Å². The maximum absolute atomic E-state index is 8.79. The van der Waals surface area contributed by atoms with Gasteiger partial charge in [-0.25, -0.2) is 4.98 Å². The van der Waals surface area contributed by atoms with Crippen LogP contribution in [0.4, 0.5) is 0 Å². The molecule has 0 spiro atoms. The van der Waals surface area contributed by atoms with Gasteiger partial charge in [-0.1, -0.05) is 26.0 Å². The maximum atomic E-state index is 8.79. The third kappa shape index (κ3) is 2.36. The van der Waals surface area contributed by atoms with E-state index in [1.165, 1.54) is 5.56 Å². The van der Waals surface area contributed by atoms with E-state index in [-0.39, 0.29) is 5.92 Å². The minimum Gasteiger partial charge on any atom is -0.348 e. The summed E-state index contributed by atoms with van der Waals surface area (Å²) in [5.74, 6) is 1.68. The largest absolute Gasteiger partial charge is 0.348 e. The van der Waals surface area contributed by atoms with Gasteiger partial charge in [-0.15, -0.1) is 0 Å². The van der Waals surface area contributed by atoms with E-state index in [2.05, 4.69) is 29.9 Å². The van der Waals surface area contributed by atoms with Crippen LogP contribution in [0.15, 0.2) is 36.7 Å². The van der Waals surface area contributed by atoms with Gasteiger partial charge in [0, 0.05) is 18.3 Å². The molecule has 0 aliphatic carbocycles. The van der Waals surface area contributed by atoms with Gasteiger partial charge >= 0.3 is 0 Å². The van der Waals surface area contributed by atoms with E-state index in [9.17, 15) is 0 Å². The Hall–Kier alpha value is -2.08. The topological polar surface area (TPSA) is 52.5 Å². The third-order valence-electron chi connectivity index (χ3n) is 2.88. The molecule has 1 heterocycles. The van der Waals surface area contributed by atoms with E-state index in [4.69, 9.17) is 5.26 Å². The summed E-state index contributed by atoms with van der Waals surface area (Å²) in [5.41, 5.74) is 1.88. The molecule has 0 amide bonds. The molecule has 1 aromatic heterocycles. The molecule has 1 N–H and O–H groups in total. The van der Waals surface area contributed by atoms with Crippen LogP contribution in [0.25, 0.3) is 0 Å². The first kappa shape index (κ1) is 11.4. The van der Waals surface area contributed by atoms with Crippen molar-refractivity contribution in [3.63, 3.8) is 0 Å². The lowest BCUT2D eigenvalue weighted by Gasteiger charge is -2.19. The second-order valence-corrected chi connectivity index (χ2v) is 4.43. The molecule has 0 saturated carbocycles. The van der Waals surface area contributed by atoms with E-state index < -0.39 is 0 Å². The summed E-state index contributed by atoms with van der Waals surface area (Å²) in [4.78, 5) is 7.51. The molecule has 0 aliphatic heterocycles. The Bertz CT molecular complexity index is 503. The minimum absolute atomic E-state index is 0.248. The van der Waals surface area contributed by atoms with Crippen LogP contribution in [0.5, 0.6) is 0 Å². The van der Waals surface area contributed by atoms with Gasteiger partial charge in [0.2, 0.25) is 0 Å². The summed E-state index contributed by atoms with van der Waals surface area (Å²) in [6.45, 7) is 4.34. The molecule has 3 heteroatoms. The number of rotatable bonds is 3. The summed E-state index contributed by atoms with van der Waals surface area (Å²) in [6.07, 6.45) is 3.61. The highest BCUT2D eigenvalue weighted by Gasteiger charge is 2.20. The summed E-state index contributed by atoms with van der Waals surface area (Å²) in [7, 11) is 0. The molecule has 1 unspecified atom stereocenters. The Balaban J connectivity index is 2.37. The lowest BCUT2D eigenvalue weighted by Crippen LogP contribution is -2.10. The molecule has 1 aromatic carbocycles. The molecule has 1 atom stereocenters. The van der Waals surface area contributed by atoms with Crippen molar-refractivity contribution >= 4 is 0 Å². The lowest BCUT2D eigenvalue weighted by molar-refractivity contribution is 0.542. The molecular weight excluding hydrogens is 210 g/mol. The van der Waals surface area contributed by atoms with Crippen molar-refractivity contribution < 1.29 is 0 Å².